The van der Waals surface area contributed by atoms with Gasteiger partial charge in [-0.1, -0.05) is 13.8 Å². The number of carbonyl (C=O) groups is 2. The van der Waals surface area contributed by atoms with E-state index in [-0.39, 0.29) is 17.4 Å². The van der Waals surface area contributed by atoms with E-state index in [1.807, 2.05) is 13.8 Å². The van der Waals surface area contributed by atoms with Gasteiger partial charge in [-0.25, -0.2) is 4.79 Å². The van der Waals surface area contributed by atoms with Crippen LogP contribution in [0.3, 0.4) is 0 Å². The summed E-state index contributed by atoms with van der Waals surface area (Å²) in [5, 5.41) is 3.08. The molecule has 1 unspecified atom stereocenters. The van der Waals surface area contributed by atoms with Crippen LogP contribution in [0.5, 0.6) is 0 Å². The maximum atomic E-state index is 12.1. The highest BCUT2D eigenvalue weighted by Crippen LogP contribution is 2.24. The van der Waals surface area contributed by atoms with Gasteiger partial charge in [0.05, 0.1) is 12.7 Å². The molecule has 1 aliphatic heterocycles. The van der Waals surface area contributed by atoms with Crippen LogP contribution in [0.25, 0.3) is 0 Å². The molecule has 2 rings (SSSR count). The van der Waals surface area contributed by atoms with E-state index in [0.29, 0.717) is 11.5 Å². The third-order valence-corrected chi connectivity index (χ3v) is 3.63. The van der Waals surface area contributed by atoms with E-state index >= 15 is 0 Å². The van der Waals surface area contributed by atoms with Gasteiger partial charge in [-0.05, 0) is 25.0 Å². The highest BCUT2D eigenvalue weighted by Gasteiger charge is 2.43. The van der Waals surface area contributed by atoms with E-state index in [9.17, 15) is 9.59 Å². The molecule has 0 aliphatic carbocycles. The van der Waals surface area contributed by atoms with E-state index in [1.165, 1.54) is 7.11 Å². The van der Waals surface area contributed by atoms with E-state index in [0.717, 1.165) is 0 Å². The lowest BCUT2D eigenvalue weighted by Gasteiger charge is -2.27. The summed E-state index contributed by atoms with van der Waals surface area (Å²) in [5.74, 6) is -0.402. The number of nitrogens with zero attached hydrogens (tertiary/aromatic N) is 2. The van der Waals surface area contributed by atoms with Crippen molar-refractivity contribution < 1.29 is 14.3 Å². The van der Waals surface area contributed by atoms with Crippen molar-refractivity contribution in [3.63, 3.8) is 0 Å². The molecule has 6 nitrogen and oxygen atoms in total. The third kappa shape index (κ3) is 2.17. The van der Waals surface area contributed by atoms with E-state index in [1.54, 1.807) is 25.3 Å². The zero-order valence-electron chi connectivity index (χ0n) is 11.9. The summed E-state index contributed by atoms with van der Waals surface area (Å²) < 4.78 is 4.72. The van der Waals surface area contributed by atoms with Gasteiger partial charge in [0.15, 0.2) is 5.84 Å². The van der Waals surface area contributed by atoms with Crippen molar-refractivity contribution in [2.24, 2.45) is 10.9 Å². The number of methoxy groups -OCH3 is 1. The Bertz CT molecular complexity index is 595. The molecule has 1 N–H and O–H groups in total. The van der Waals surface area contributed by atoms with Crippen molar-refractivity contribution in [3.05, 3.63) is 29.6 Å². The van der Waals surface area contributed by atoms with E-state index < -0.39 is 11.5 Å². The van der Waals surface area contributed by atoms with Crippen LogP contribution in [0, 0.1) is 5.92 Å². The second-order valence-electron chi connectivity index (χ2n) is 5.14. The number of carbonyl (C=O) groups excluding carboxylic acids is 2. The Labute approximate surface area is 117 Å². The number of amides is 1. The van der Waals surface area contributed by atoms with Gasteiger partial charge < -0.3 is 10.1 Å². The van der Waals surface area contributed by atoms with Crippen molar-refractivity contribution in [2.75, 3.05) is 7.11 Å². The lowest BCUT2D eigenvalue weighted by molar-refractivity contribution is -0.123. The zero-order chi connectivity index (χ0) is 14.9. The van der Waals surface area contributed by atoms with Gasteiger partial charge in [0.1, 0.15) is 11.2 Å². The molecule has 1 aromatic heterocycles. The van der Waals surface area contributed by atoms with Gasteiger partial charge in [0.25, 0.3) is 5.91 Å². The minimum absolute atomic E-state index is 0.0570. The highest BCUT2D eigenvalue weighted by atomic mass is 16.5. The van der Waals surface area contributed by atoms with Crippen LogP contribution >= 0.6 is 0 Å². The Hall–Kier alpha value is -2.24. The van der Waals surface area contributed by atoms with Gasteiger partial charge in [-0.2, -0.15) is 4.99 Å². The SMILES string of the molecule is COC(=O)c1cccnc1C1=NC(=O)C(C)(C(C)C)N1. The van der Waals surface area contributed by atoms with Crippen LogP contribution in [-0.4, -0.2) is 35.3 Å². The maximum absolute atomic E-state index is 12.1. The molecule has 0 bridgehead atoms. The summed E-state index contributed by atoms with van der Waals surface area (Å²) in [6.45, 7) is 5.66. The Morgan fingerprint density at radius 1 is 1.45 bits per heavy atom. The van der Waals surface area contributed by atoms with Crippen LogP contribution in [0.4, 0.5) is 0 Å². The van der Waals surface area contributed by atoms with Crippen LogP contribution in [0.15, 0.2) is 23.3 Å². The molecule has 0 spiro atoms. The van der Waals surface area contributed by atoms with Crippen LogP contribution in [-0.2, 0) is 9.53 Å². The van der Waals surface area contributed by atoms with Crippen LogP contribution in [0.2, 0.25) is 0 Å². The molecule has 106 valence electrons. The van der Waals surface area contributed by atoms with Gasteiger partial charge in [0, 0.05) is 6.20 Å². The van der Waals surface area contributed by atoms with Gasteiger partial charge in [0.2, 0.25) is 0 Å². The van der Waals surface area contributed by atoms with Crippen molar-refractivity contribution in [2.45, 2.75) is 26.3 Å². The monoisotopic (exact) mass is 275 g/mol. The second-order valence-corrected chi connectivity index (χ2v) is 5.14. The molecule has 6 heteroatoms. The summed E-state index contributed by atoms with van der Waals surface area (Å²) in [7, 11) is 1.30. The van der Waals surface area contributed by atoms with Crippen molar-refractivity contribution in [3.8, 4) is 0 Å². The molecular weight excluding hydrogens is 258 g/mol. The minimum Gasteiger partial charge on any atom is -0.465 e. The average molecular weight is 275 g/mol. The topological polar surface area (TPSA) is 80.7 Å². The number of amidine groups is 1. The fourth-order valence-corrected chi connectivity index (χ4v) is 1.92. The average Bonchev–Trinajstić information content (AvgIpc) is 2.75. The number of hydrogen-bond acceptors (Lipinski definition) is 5. The molecule has 20 heavy (non-hydrogen) atoms. The van der Waals surface area contributed by atoms with Crippen LogP contribution < -0.4 is 5.32 Å². The molecule has 0 saturated heterocycles. The summed E-state index contributed by atoms with van der Waals surface area (Å²) in [4.78, 5) is 32.0. The summed E-state index contributed by atoms with van der Waals surface area (Å²) in [5.41, 5.74) is -0.167. The number of hydrogen-bond donors (Lipinski definition) is 1. The minimum atomic E-state index is -0.778. The smallest absolute Gasteiger partial charge is 0.340 e. The lowest BCUT2D eigenvalue weighted by atomic mass is 9.88. The Morgan fingerprint density at radius 2 is 2.15 bits per heavy atom. The number of ether oxygens (including phenoxy) is 1. The largest absolute Gasteiger partial charge is 0.465 e. The van der Waals surface area contributed by atoms with Crippen molar-refractivity contribution >= 4 is 17.7 Å². The summed E-state index contributed by atoms with van der Waals surface area (Å²) >= 11 is 0. The first-order chi connectivity index (χ1) is 9.40. The summed E-state index contributed by atoms with van der Waals surface area (Å²) in [6.07, 6.45) is 1.54. The lowest BCUT2D eigenvalue weighted by Crippen LogP contribution is -2.50. The second kappa shape index (κ2) is 5.03. The predicted octanol–water partition coefficient (Wildman–Crippen LogP) is 1.16. The standard InChI is InChI=1S/C14H17N3O3/c1-8(2)14(3)13(19)16-11(17-14)10-9(12(18)20-4)6-5-7-15-10/h5-8H,1-4H3,(H,16,17,19). The molecule has 0 radical (unpaired) electrons. The molecule has 1 aliphatic rings. The normalized spacial score (nSPS) is 21.6. The van der Waals surface area contributed by atoms with E-state index in [2.05, 4.69) is 15.3 Å². The van der Waals surface area contributed by atoms with Crippen LogP contribution in [0.1, 0.15) is 36.8 Å². The quantitative estimate of drug-likeness (QED) is 0.837. The maximum Gasteiger partial charge on any atom is 0.340 e. The molecule has 0 aromatic carbocycles. The molecule has 0 fully saturated rings. The Morgan fingerprint density at radius 3 is 2.70 bits per heavy atom. The molecule has 1 amide bonds. The Kier molecular flexibility index (Phi) is 3.57. The fourth-order valence-electron chi connectivity index (χ4n) is 1.92. The first-order valence-corrected chi connectivity index (χ1v) is 6.35. The third-order valence-electron chi connectivity index (χ3n) is 3.63. The number of aromatic nitrogens is 1. The number of aliphatic imine (C=N–C) groups is 1. The first kappa shape index (κ1) is 14.2. The predicted molar refractivity (Wildman–Crippen MR) is 73.5 cm³/mol. The molecule has 2 heterocycles. The number of esters is 1. The molecule has 1 aromatic rings. The van der Waals surface area contributed by atoms with Gasteiger partial charge in [-0.15, -0.1) is 0 Å². The number of rotatable bonds is 3. The first-order valence-electron chi connectivity index (χ1n) is 6.35. The Balaban J connectivity index is 2.43. The zero-order valence-corrected chi connectivity index (χ0v) is 11.9. The molecule has 0 saturated carbocycles. The van der Waals surface area contributed by atoms with Gasteiger partial charge >= 0.3 is 5.97 Å². The number of pyridine rings is 1. The van der Waals surface area contributed by atoms with Gasteiger partial charge in [-0.3, -0.25) is 9.78 Å². The summed E-state index contributed by atoms with van der Waals surface area (Å²) in [6, 6.07) is 3.22. The molecule has 1 atom stereocenters. The highest BCUT2D eigenvalue weighted by molar-refractivity contribution is 6.16. The fraction of sp³-hybridized carbons (Fsp3) is 0.429. The van der Waals surface area contributed by atoms with Crippen molar-refractivity contribution in [1.29, 1.82) is 0 Å². The van der Waals surface area contributed by atoms with E-state index in [4.69, 9.17) is 4.74 Å². The number of nitrogens with one attached hydrogen (secondary N) is 1. The molecular formula is C14H17N3O3. The van der Waals surface area contributed by atoms with Crippen molar-refractivity contribution in [1.82, 2.24) is 10.3 Å².